The Labute approximate surface area is 82.4 Å². The largest absolute Gasteiger partial charge is 0.462 e. The van der Waals surface area contributed by atoms with Crippen LogP contribution in [0.3, 0.4) is 0 Å². The van der Waals surface area contributed by atoms with Gasteiger partial charge in [0.05, 0.1) is 0 Å². The topological polar surface area (TPSA) is 77.2 Å². The number of carbonyl (C=O) groups is 1. The predicted molar refractivity (Wildman–Crippen MR) is 49.2 cm³/mol. The third-order valence-electron chi connectivity index (χ3n) is 1.57. The number of aromatic nitrogens is 1. The first-order valence-corrected chi connectivity index (χ1v) is 4.35. The number of rotatable bonds is 0. The SMILES string of the molecule is NC1Oc2cc(Br)cnc2NC1=O. The Morgan fingerprint density at radius 1 is 1.69 bits per heavy atom. The fourth-order valence-corrected chi connectivity index (χ4v) is 1.29. The summed E-state index contributed by atoms with van der Waals surface area (Å²) >= 11 is 3.23. The van der Waals surface area contributed by atoms with E-state index in [9.17, 15) is 4.79 Å². The molecule has 5 nitrogen and oxygen atoms in total. The number of hydrogen-bond acceptors (Lipinski definition) is 4. The van der Waals surface area contributed by atoms with Gasteiger partial charge in [0.25, 0.3) is 5.91 Å². The van der Waals surface area contributed by atoms with E-state index in [1.165, 1.54) is 0 Å². The number of pyridine rings is 1. The van der Waals surface area contributed by atoms with Gasteiger partial charge in [0.2, 0.25) is 6.23 Å². The highest BCUT2D eigenvalue weighted by Gasteiger charge is 2.24. The number of amides is 1. The van der Waals surface area contributed by atoms with Gasteiger partial charge in [-0.2, -0.15) is 0 Å². The zero-order chi connectivity index (χ0) is 9.42. The first-order valence-electron chi connectivity index (χ1n) is 3.55. The molecule has 68 valence electrons. The molecule has 1 amide bonds. The van der Waals surface area contributed by atoms with Gasteiger partial charge < -0.3 is 10.1 Å². The van der Waals surface area contributed by atoms with Crippen LogP contribution in [0.1, 0.15) is 0 Å². The van der Waals surface area contributed by atoms with Crippen LogP contribution in [0.2, 0.25) is 0 Å². The number of ether oxygens (including phenoxy) is 1. The fraction of sp³-hybridized carbons (Fsp3) is 0.143. The molecule has 2 rings (SSSR count). The molecule has 1 aromatic heterocycles. The van der Waals surface area contributed by atoms with E-state index in [0.29, 0.717) is 11.6 Å². The maximum Gasteiger partial charge on any atom is 0.281 e. The lowest BCUT2D eigenvalue weighted by atomic mass is 10.3. The van der Waals surface area contributed by atoms with Crippen molar-refractivity contribution in [3.05, 3.63) is 16.7 Å². The summed E-state index contributed by atoms with van der Waals surface area (Å²) in [5, 5.41) is 2.52. The van der Waals surface area contributed by atoms with Gasteiger partial charge in [-0.3, -0.25) is 10.5 Å². The minimum atomic E-state index is -0.955. The van der Waals surface area contributed by atoms with Crippen molar-refractivity contribution in [2.45, 2.75) is 6.23 Å². The number of anilines is 1. The van der Waals surface area contributed by atoms with Gasteiger partial charge in [-0.05, 0) is 22.0 Å². The van der Waals surface area contributed by atoms with Crippen molar-refractivity contribution in [2.24, 2.45) is 5.73 Å². The van der Waals surface area contributed by atoms with E-state index in [4.69, 9.17) is 10.5 Å². The Kier molecular flexibility index (Phi) is 1.93. The third-order valence-corrected chi connectivity index (χ3v) is 2.01. The summed E-state index contributed by atoms with van der Waals surface area (Å²) in [6.07, 6.45) is 0.614. The monoisotopic (exact) mass is 243 g/mol. The summed E-state index contributed by atoms with van der Waals surface area (Å²) < 4.78 is 5.87. The Hall–Kier alpha value is -1.14. The van der Waals surface area contributed by atoms with Crippen LogP contribution < -0.4 is 15.8 Å². The standard InChI is InChI=1S/C7H6BrN3O2/c8-3-1-4-6(10-2-3)11-7(12)5(9)13-4/h1-2,5H,9H2,(H,10,11,12). The highest BCUT2D eigenvalue weighted by Crippen LogP contribution is 2.28. The summed E-state index contributed by atoms with van der Waals surface area (Å²) in [6, 6.07) is 1.70. The minimum Gasteiger partial charge on any atom is -0.462 e. The lowest BCUT2D eigenvalue weighted by Gasteiger charge is -2.21. The summed E-state index contributed by atoms with van der Waals surface area (Å²) in [6.45, 7) is 0. The number of nitrogens with zero attached hydrogens (tertiary/aromatic N) is 1. The highest BCUT2D eigenvalue weighted by molar-refractivity contribution is 9.10. The fourth-order valence-electron chi connectivity index (χ4n) is 0.983. The van der Waals surface area contributed by atoms with E-state index < -0.39 is 6.23 Å². The minimum absolute atomic E-state index is 0.387. The first kappa shape index (κ1) is 8.46. The molecule has 0 saturated heterocycles. The van der Waals surface area contributed by atoms with Crippen LogP contribution in [-0.4, -0.2) is 17.1 Å². The zero-order valence-electron chi connectivity index (χ0n) is 6.45. The quantitative estimate of drug-likeness (QED) is 0.695. The van der Waals surface area contributed by atoms with E-state index in [1.807, 2.05) is 0 Å². The number of carbonyl (C=O) groups excluding carboxylic acids is 1. The molecular formula is C7H6BrN3O2. The van der Waals surface area contributed by atoms with Crippen molar-refractivity contribution >= 4 is 27.7 Å². The van der Waals surface area contributed by atoms with Crippen LogP contribution >= 0.6 is 15.9 Å². The number of hydrogen-bond donors (Lipinski definition) is 2. The molecule has 3 N–H and O–H groups in total. The molecule has 13 heavy (non-hydrogen) atoms. The number of halogens is 1. The van der Waals surface area contributed by atoms with Crippen LogP contribution in [0.25, 0.3) is 0 Å². The summed E-state index contributed by atoms with van der Waals surface area (Å²) in [7, 11) is 0. The second-order valence-corrected chi connectivity index (χ2v) is 3.44. The van der Waals surface area contributed by atoms with Crippen LogP contribution in [0.15, 0.2) is 16.7 Å². The molecule has 0 fully saturated rings. The van der Waals surface area contributed by atoms with Crippen LogP contribution in [0, 0.1) is 0 Å². The number of nitrogens with one attached hydrogen (secondary N) is 1. The smallest absolute Gasteiger partial charge is 0.281 e. The molecule has 1 unspecified atom stereocenters. The molecule has 0 aliphatic carbocycles. The van der Waals surface area contributed by atoms with Crippen LogP contribution in [0.5, 0.6) is 5.75 Å². The molecular weight excluding hydrogens is 238 g/mol. The third kappa shape index (κ3) is 1.50. The lowest BCUT2D eigenvalue weighted by Crippen LogP contribution is -2.43. The number of nitrogens with two attached hydrogens (primary N) is 1. The van der Waals surface area contributed by atoms with E-state index in [-0.39, 0.29) is 5.91 Å². The van der Waals surface area contributed by atoms with Crippen molar-refractivity contribution in [1.82, 2.24) is 4.98 Å². The Morgan fingerprint density at radius 3 is 3.23 bits per heavy atom. The van der Waals surface area contributed by atoms with Crippen LogP contribution in [0.4, 0.5) is 5.82 Å². The zero-order valence-corrected chi connectivity index (χ0v) is 8.04. The van der Waals surface area contributed by atoms with Crippen molar-refractivity contribution in [3.63, 3.8) is 0 Å². The highest BCUT2D eigenvalue weighted by atomic mass is 79.9. The second kappa shape index (κ2) is 2.97. The second-order valence-electron chi connectivity index (χ2n) is 2.53. The summed E-state index contributed by atoms with van der Waals surface area (Å²) in [5.41, 5.74) is 5.37. The predicted octanol–water partition coefficient (Wildman–Crippen LogP) is 0.460. The van der Waals surface area contributed by atoms with Gasteiger partial charge in [-0.1, -0.05) is 0 Å². The molecule has 1 atom stereocenters. The first-order chi connectivity index (χ1) is 6.16. The van der Waals surface area contributed by atoms with Crippen molar-refractivity contribution in [1.29, 1.82) is 0 Å². The molecule has 2 heterocycles. The van der Waals surface area contributed by atoms with Crippen molar-refractivity contribution in [3.8, 4) is 5.75 Å². The van der Waals surface area contributed by atoms with E-state index in [2.05, 4.69) is 26.2 Å². The van der Waals surface area contributed by atoms with Gasteiger partial charge in [-0.25, -0.2) is 4.98 Å². The van der Waals surface area contributed by atoms with Gasteiger partial charge in [0, 0.05) is 10.7 Å². The van der Waals surface area contributed by atoms with E-state index in [0.717, 1.165) is 4.47 Å². The lowest BCUT2D eigenvalue weighted by molar-refractivity contribution is -0.123. The Bertz CT molecular complexity index is 369. The molecule has 0 aromatic carbocycles. The summed E-state index contributed by atoms with van der Waals surface area (Å²) in [4.78, 5) is 15.0. The van der Waals surface area contributed by atoms with Crippen molar-refractivity contribution in [2.75, 3.05) is 5.32 Å². The van der Waals surface area contributed by atoms with Gasteiger partial charge >= 0.3 is 0 Å². The normalized spacial score (nSPS) is 20.2. The maximum absolute atomic E-state index is 11.0. The molecule has 0 saturated carbocycles. The van der Waals surface area contributed by atoms with Gasteiger partial charge in [0.1, 0.15) is 0 Å². The van der Waals surface area contributed by atoms with Crippen molar-refractivity contribution < 1.29 is 9.53 Å². The average molecular weight is 244 g/mol. The summed E-state index contributed by atoms with van der Waals surface area (Å²) in [5.74, 6) is 0.485. The Morgan fingerprint density at radius 2 is 2.46 bits per heavy atom. The molecule has 6 heteroatoms. The van der Waals surface area contributed by atoms with E-state index >= 15 is 0 Å². The molecule has 0 bridgehead atoms. The molecule has 0 radical (unpaired) electrons. The maximum atomic E-state index is 11.0. The molecule has 1 aliphatic heterocycles. The molecule has 1 aromatic rings. The van der Waals surface area contributed by atoms with Gasteiger partial charge in [0.15, 0.2) is 11.6 Å². The number of fused-ring (bicyclic) bond motifs is 1. The molecule has 0 spiro atoms. The van der Waals surface area contributed by atoms with E-state index in [1.54, 1.807) is 12.3 Å². The average Bonchev–Trinajstić information content (AvgIpc) is 2.08. The Balaban J connectivity index is 2.42. The van der Waals surface area contributed by atoms with Crippen LogP contribution in [-0.2, 0) is 4.79 Å². The van der Waals surface area contributed by atoms with Gasteiger partial charge in [-0.15, -0.1) is 0 Å². The molecule has 1 aliphatic rings.